The molecule has 0 aliphatic carbocycles. The van der Waals surface area contributed by atoms with Crippen LogP contribution >= 0.6 is 11.3 Å². The molecule has 122 valence electrons. The minimum absolute atomic E-state index is 0.0578. The first-order chi connectivity index (χ1) is 11.2. The monoisotopic (exact) mass is 335 g/mol. The molecule has 1 aliphatic heterocycles. The van der Waals surface area contributed by atoms with Crippen LogP contribution < -0.4 is 10.6 Å². The number of thiazole rings is 1. The molecule has 1 atom stereocenters. The molecule has 0 spiro atoms. The molecule has 23 heavy (non-hydrogen) atoms. The van der Waals surface area contributed by atoms with Gasteiger partial charge in [0, 0.05) is 36.5 Å². The van der Waals surface area contributed by atoms with Crippen LogP contribution in [-0.4, -0.2) is 36.7 Å². The van der Waals surface area contributed by atoms with E-state index in [1.54, 1.807) is 18.3 Å². The molecule has 1 fully saturated rings. The standard InChI is InChI=1S/C16H18FN3O2S/c17-12-3-1-11(2-4-12)7-14-9-19-16(23-14)20-15(21)8-13-10-22-6-5-18-13/h1-4,9,13,18H,5-8,10H2,(H,19,20,21). The first kappa shape index (κ1) is 16.0. The van der Waals surface area contributed by atoms with Gasteiger partial charge in [0.05, 0.1) is 13.2 Å². The van der Waals surface area contributed by atoms with E-state index in [-0.39, 0.29) is 17.8 Å². The quantitative estimate of drug-likeness (QED) is 0.879. The molecule has 1 amide bonds. The zero-order chi connectivity index (χ0) is 16.1. The number of nitrogens with zero attached hydrogens (tertiary/aromatic N) is 1. The van der Waals surface area contributed by atoms with Crippen molar-refractivity contribution in [2.45, 2.75) is 18.9 Å². The molecule has 1 aromatic heterocycles. The largest absolute Gasteiger partial charge is 0.378 e. The maximum absolute atomic E-state index is 12.9. The number of carbonyl (C=O) groups excluding carboxylic acids is 1. The summed E-state index contributed by atoms with van der Waals surface area (Å²) in [7, 11) is 0. The summed E-state index contributed by atoms with van der Waals surface area (Å²) in [5.74, 6) is -0.318. The van der Waals surface area contributed by atoms with Crippen LogP contribution in [-0.2, 0) is 16.0 Å². The Kier molecular flexibility index (Phi) is 5.32. The van der Waals surface area contributed by atoms with Gasteiger partial charge in [-0.3, -0.25) is 4.79 Å². The van der Waals surface area contributed by atoms with Crippen molar-refractivity contribution in [3.63, 3.8) is 0 Å². The van der Waals surface area contributed by atoms with Crippen molar-refractivity contribution in [3.8, 4) is 0 Å². The van der Waals surface area contributed by atoms with E-state index < -0.39 is 0 Å². The molecule has 0 bridgehead atoms. The Labute approximate surface area is 137 Å². The summed E-state index contributed by atoms with van der Waals surface area (Å²) in [6, 6.07) is 6.45. The number of anilines is 1. The predicted octanol–water partition coefficient (Wildman–Crippen LogP) is 2.19. The van der Waals surface area contributed by atoms with Gasteiger partial charge in [-0.15, -0.1) is 11.3 Å². The number of nitrogens with one attached hydrogen (secondary N) is 2. The molecule has 2 heterocycles. The van der Waals surface area contributed by atoms with E-state index in [0.29, 0.717) is 31.2 Å². The van der Waals surface area contributed by atoms with Gasteiger partial charge in [0.2, 0.25) is 5.91 Å². The number of morpholine rings is 1. The number of rotatable bonds is 5. The van der Waals surface area contributed by atoms with Gasteiger partial charge in [0.25, 0.3) is 0 Å². The van der Waals surface area contributed by atoms with E-state index in [4.69, 9.17) is 4.74 Å². The fourth-order valence-electron chi connectivity index (χ4n) is 2.40. The maximum atomic E-state index is 12.9. The third-order valence-electron chi connectivity index (χ3n) is 3.52. The third-order valence-corrected chi connectivity index (χ3v) is 4.43. The smallest absolute Gasteiger partial charge is 0.227 e. The fourth-order valence-corrected chi connectivity index (χ4v) is 3.26. The van der Waals surface area contributed by atoms with Crippen molar-refractivity contribution in [2.24, 2.45) is 0 Å². The second-order valence-electron chi connectivity index (χ2n) is 5.41. The van der Waals surface area contributed by atoms with Gasteiger partial charge < -0.3 is 15.4 Å². The Morgan fingerprint density at radius 1 is 1.43 bits per heavy atom. The van der Waals surface area contributed by atoms with Gasteiger partial charge in [-0.25, -0.2) is 9.37 Å². The van der Waals surface area contributed by atoms with Crippen LogP contribution in [0, 0.1) is 5.82 Å². The van der Waals surface area contributed by atoms with Gasteiger partial charge in [-0.2, -0.15) is 0 Å². The van der Waals surface area contributed by atoms with Crippen LogP contribution in [0.4, 0.5) is 9.52 Å². The Morgan fingerprint density at radius 3 is 3.00 bits per heavy atom. The van der Waals surface area contributed by atoms with Crippen LogP contribution in [0.15, 0.2) is 30.5 Å². The van der Waals surface area contributed by atoms with Crippen molar-refractivity contribution in [1.29, 1.82) is 0 Å². The highest BCUT2D eigenvalue weighted by Gasteiger charge is 2.17. The highest BCUT2D eigenvalue weighted by molar-refractivity contribution is 7.15. The van der Waals surface area contributed by atoms with E-state index in [1.165, 1.54) is 23.5 Å². The molecular weight excluding hydrogens is 317 g/mol. The number of benzene rings is 1. The summed E-state index contributed by atoms with van der Waals surface area (Å²) in [5.41, 5.74) is 1.01. The number of aromatic nitrogens is 1. The lowest BCUT2D eigenvalue weighted by Crippen LogP contribution is -2.43. The molecule has 2 aromatic rings. The topological polar surface area (TPSA) is 63.2 Å². The number of ether oxygens (including phenoxy) is 1. The molecule has 0 saturated carbocycles. The summed E-state index contributed by atoms with van der Waals surface area (Å²) >= 11 is 1.43. The minimum atomic E-state index is -0.244. The van der Waals surface area contributed by atoms with Crippen molar-refractivity contribution < 1.29 is 13.9 Å². The zero-order valence-corrected chi connectivity index (χ0v) is 13.4. The summed E-state index contributed by atoms with van der Waals surface area (Å²) < 4.78 is 18.2. The summed E-state index contributed by atoms with van der Waals surface area (Å²) in [6.07, 6.45) is 2.78. The van der Waals surface area contributed by atoms with Gasteiger partial charge >= 0.3 is 0 Å². The fraction of sp³-hybridized carbons (Fsp3) is 0.375. The Hall–Kier alpha value is -1.83. The molecule has 2 N–H and O–H groups in total. The van der Waals surface area contributed by atoms with E-state index in [2.05, 4.69) is 15.6 Å². The zero-order valence-electron chi connectivity index (χ0n) is 12.5. The second kappa shape index (κ2) is 7.63. The molecule has 1 unspecified atom stereocenters. The van der Waals surface area contributed by atoms with Crippen LogP contribution in [0.1, 0.15) is 16.9 Å². The molecule has 0 radical (unpaired) electrons. The van der Waals surface area contributed by atoms with E-state index in [1.807, 2.05) is 0 Å². The van der Waals surface area contributed by atoms with Crippen LogP contribution in [0.25, 0.3) is 0 Å². The maximum Gasteiger partial charge on any atom is 0.227 e. The average Bonchev–Trinajstić information content (AvgIpc) is 2.97. The summed E-state index contributed by atoms with van der Waals surface area (Å²) in [6.45, 7) is 2.02. The van der Waals surface area contributed by atoms with Gasteiger partial charge in [0.15, 0.2) is 5.13 Å². The van der Waals surface area contributed by atoms with E-state index >= 15 is 0 Å². The Balaban J connectivity index is 1.52. The van der Waals surface area contributed by atoms with Gasteiger partial charge in [-0.05, 0) is 17.7 Å². The van der Waals surface area contributed by atoms with Crippen molar-refractivity contribution in [3.05, 3.63) is 46.7 Å². The average molecular weight is 335 g/mol. The Morgan fingerprint density at radius 2 is 2.26 bits per heavy atom. The highest BCUT2D eigenvalue weighted by atomic mass is 32.1. The molecular formula is C16H18FN3O2S. The van der Waals surface area contributed by atoms with Crippen molar-refractivity contribution in [1.82, 2.24) is 10.3 Å². The van der Waals surface area contributed by atoms with Crippen LogP contribution in [0.3, 0.4) is 0 Å². The number of carbonyl (C=O) groups is 1. The third kappa shape index (κ3) is 4.82. The lowest BCUT2D eigenvalue weighted by molar-refractivity contribution is -0.117. The van der Waals surface area contributed by atoms with E-state index in [0.717, 1.165) is 17.0 Å². The number of hydrogen-bond acceptors (Lipinski definition) is 5. The van der Waals surface area contributed by atoms with Gasteiger partial charge in [-0.1, -0.05) is 12.1 Å². The summed E-state index contributed by atoms with van der Waals surface area (Å²) in [5, 5.41) is 6.65. The lowest BCUT2D eigenvalue weighted by Gasteiger charge is -2.22. The minimum Gasteiger partial charge on any atom is -0.378 e. The first-order valence-electron chi connectivity index (χ1n) is 7.49. The van der Waals surface area contributed by atoms with E-state index in [9.17, 15) is 9.18 Å². The molecule has 1 aromatic carbocycles. The number of halogens is 1. The molecule has 1 saturated heterocycles. The summed E-state index contributed by atoms with van der Waals surface area (Å²) in [4.78, 5) is 17.2. The highest BCUT2D eigenvalue weighted by Crippen LogP contribution is 2.21. The molecule has 1 aliphatic rings. The first-order valence-corrected chi connectivity index (χ1v) is 8.31. The van der Waals surface area contributed by atoms with Crippen molar-refractivity contribution >= 4 is 22.4 Å². The Bertz CT molecular complexity index is 654. The lowest BCUT2D eigenvalue weighted by atomic mass is 10.1. The second-order valence-corrected chi connectivity index (χ2v) is 6.53. The van der Waals surface area contributed by atoms with Crippen LogP contribution in [0.5, 0.6) is 0 Å². The van der Waals surface area contributed by atoms with Gasteiger partial charge in [0.1, 0.15) is 5.82 Å². The predicted molar refractivity (Wildman–Crippen MR) is 87.2 cm³/mol. The molecule has 3 rings (SSSR count). The SMILES string of the molecule is O=C(CC1COCCN1)Nc1ncc(Cc2ccc(F)cc2)s1. The number of hydrogen-bond donors (Lipinski definition) is 2. The number of amides is 1. The normalized spacial score (nSPS) is 17.9. The molecule has 7 heteroatoms. The molecule has 5 nitrogen and oxygen atoms in total. The van der Waals surface area contributed by atoms with Crippen LogP contribution in [0.2, 0.25) is 0 Å². The van der Waals surface area contributed by atoms with Crippen molar-refractivity contribution in [2.75, 3.05) is 25.1 Å².